The molecule has 0 aliphatic heterocycles. The Morgan fingerprint density at radius 2 is 2.08 bits per heavy atom. The van der Waals surface area contributed by atoms with E-state index in [1.807, 2.05) is 31.2 Å². The highest BCUT2D eigenvalue weighted by molar-refractivity contribution is 6.31. The average molecular weight is 373 g/mol. The molecule has 1 aromatic carbocycles. The Balaban J connectivity index is 1.83. The number of aromatic nitrogens is 5. The molecular formula is C17H17ClN6O2. The molecule has 2 heterocycles. The van der Waals surface area contributed by atoms with Crippen LogP contribution < -0.4 is 5.32 Å². The van der Waals surface area contributed by atoms with E-state index in [-0.39, 0.29) is 6.54 Å². The Morgan fingerprint density at radius 1 is 1.27 bits per heavy atom. The number of nitrogens with zero attached hydrogens (tertiary/aromatic N) is 5. The summed E-state index contributed by atoms with van der Waals surface area (Å²) in [5.41, 5.74) is 1.27. The van der Waals surface area contributed by atoms with E-state index in [0.717, 1.165) is 0 Å². The van der Waals surface area contributed by atoms with Gasteiger partial charge in [0.05, 0.1) is 0 Å². The molecular weight excluding hydrogens is 356 g/mol. The number of halogens is 1. The average Bonchev–Trinajstić information content (AvgIpc) is 3.11. The number of nitrogens with one attached hydrogen (secondary N) is 1. The SMILES string of the molecule is CCNC(=O)OC(Cn1nnc(-c2ccccn2)n1)c1ccccc1Cl. The fourth-order valence-corrected chi connectivity index (χ4v) is 2.57. The lowest BCUT2D eigenvalue weighted by atomic mass is 10.1. The molecule has 0 saturated heterocycles. The van der Waals surface area contributed by atoms with E-state index in [2.05, 4.69) is 25.7 Å². The number of pyridine rings is 1. The summed E-state index contributed by atoms with van der Waals surface area (Å²) in [4.78, 5) is 17.5. The van der Waals surface area contributed by atoms with Crippen LogP contribution in [-0.2, 0) is 11.3 Å². The van der Waals surface area contributed by atoms with Gasteiger partial charge in [-0.15, -0.1) is 10.2 Å². The van der Waals surface area contributed by atoms with E-state index in [0.29, 0.717) is 28.6 Å². The number of carbonyl (C=O) groups excluding carboxylic acids is 1. The van der Waals surface area contributed by atoms with Crippen LogP contribution in [0.3, 0.4) is 0 Å². The molecule has 0 saturated carbocycles. The van der Waals surface area contributed by atoms with E-state index in [1.54, 1.807) is 24.4 Å². The largest absolute Gasteiger partial charge is 0.439 e. The van der Waals surface area contributed by atoms with Crippen LogP contribution in [0.5, 0.6) is 0 Å². The maximum absolute atomic E-state index is 11.9. The zero-order valence-corrected chi connectivity index (χ0v) is 14.8. The molecule has 3 aromatic rings. The predicted octanol–water partition coefficient (Wildman–Crippen LogP) is 2.88. The molecule has 26 heavy (non-hydrogen) atoms. The van der Waals surface area contributed by atoms with Crippen LogP contribution in [-0.4, -0.2) is 37.8 Å². The standard InChI is InChI=1S/C17H17ClN6O2/c1-2-19-17(25)26-15(12-7-3-4-8-13(12)18)11-24-22-16(21-23-24)14-9-5-6-10-20-14/h3-10,15H,2,11H2,1H3,(H,19,25). The highest BCUT2D eigenvalue weighted by Gasteiger charge is 2.21. The fraction of sp³-hybridized carbons (Fsp3) is 0.235. The first kappa shape index (κ1) is 17.8. The summed E-state index contributed by atoms with van der Waals surface area (Å²) in [6, 6.07) is 12.6. The minimum atomic E-state index is -0.666. The number of carbonyl (C=O) groups is 1. The van der Waals surface area contributed by atoms with Crippen LogP contribution in [0.4, 0.5) is 4.79 Å². The number of hydrogen-bond acceptors (Lipinski definition) is 6. The maximum Gasteiger partial charge on any atom is 0.407 e. The lowest BCUT2D eigenvalue weighted by molar-refractivity contribution is 0.0825. The van der Waals surface area contributed by atoms with Crippen molar-refractivity contribution in [2.45, 2.75) is 19.6 Å². The van der Waals surface area contributed by atoms with Crippen LogP contribution >= 0.6 is 11.6 Å². The minimum absolute atomic E-state index is 0.167. The Hall–Kier alpha value is -3.00. The van der Waals surface area contributed by atoms with Crippen LogP contribution in [0.25, 0.3) is 11.5 Å². The van der Waals surface area contributed by atoms with Crippen molar-refractivity contribution in [2.75, 3.05) is 6.54 Å². The summed E-state index contributed by atoms with van der Waals surface area (Å²) in [5, 5.41) is 15.4. The van der Waals surface area contributed by atoms with Gasteiger partial charge in [-0.25, -0.2) is 4.79 Å². The third-order valence-electron chi connectivity index (χ3n) is 3.50. The second-order valence-corrected chi connectivity index (χ2v) is 5.74. The summed E-state index contributed by atoms with van der Waals surface area (Å²) >= 11 is 6.26. The second kappa shape index (κ2) is 8.39. The molecule has 8 nitrogen and oxygen atoms in total. The highest BCUT2D eigenvalue weighted by atomic mass is 35.5. The molecule has 2 aromatic heterocycles. The molecule has 0 bridgehead atoms. The number of alkyl carbamates (subject to hydrolysis) is 1. The zero-order valence-electron chi connectivity index (χ0n) is 14.0. The molecule has 0 aliphatic carbocycles. The lowest BCUT2D eigenvalue weighted by Crippen LogP contribution is -2.27. The first-order valence-electron chi connectivity index (χ1n) is 8.05. The van der Waals surface area contributed by atoms with Crippen molar-refractivity contribution >= 4 is 17.7 Å². The third-order valence-corrected chi connectivity index (χ3v) is 3.84. The summed E-state index contributed by atoms with van der Waals surface area (Å²) in [7, 11) is 0. The topological polar surface area (TPSA) is 94.8 Å². The number of hydrogen-bond donors (Lipinski definition) is 1. The van der Waals surface area contributed by atoms with Gasteiger partial charge in [0.25, 0.3) is 0 Å². The van der Waals surface area contributed by atoms with E-state index in [1.165, 1.54) is 4.80 Å². The quantitative estimate of drug-likeness (QED) is 0.714. The number of tetrazole rings is 1. The van der Waals surface area contributed by atoms with Crippen molar-refractivity contribution in [2.24, 2.45) is 0 Å². The summed E-state index contributed by atoms with van der Waals surface area (Å²) in [6.45, 7) is 2.43. The Morgan fingerprint density at radius 3 is 2.81 bits per heavy atom. The van der Waals surface area contributed by atoms with Crippen LogP contribution in [0.15, 0.2) is 48.7 Å². The van der Waals surface area contributed by atoms with E-state index in [4.69, 9.17) is 16.3 Å². The molecule has 9 heteroatoms. The number of ether oxygens (including phenoxy) is 1. The first-order chi connectivity index (χ1) is 12.7. The fourth-order valence-electron chi connectivity index (χ4n) is 2.32. The number of benzene rings is 1. The molecule has 1 amide bonds. The normalized spacial score (nSPS) is 11.8. The molecule has 3 rings (SSSR count). The van der Waals surface area contributed by atoms with E-state index >= 15 is 0 Å². The molecule has 0 fully saturated rings. The van der Waals surface area contributed by atoms with Crippen molar-refractivity contribution < 1.29 is 9.53 Å². The smallest absolute Gasteiger partial charge is 0.407 e. The Bertz CT molecular complexity index is 870. The van der Waals surface area contributed by atoms with Crippen molar-refractivity contribution in [1.82, 2.24) is 30.5 Å². The van der Waals surface area contributed by atoms with Gasteiger partial charge >= 0.3 is 6.09 Å². The maximum atomic E-state index is 11.9. The zero-order chi connectivity index (χ0) is 18.4. The van der Waals surface area contributed by atoms with Gasteiger partial charge in [0, 0.05) is 23.3 Å². The molecule has 0 aliphatic rings. The van der Waals surface area contributed by atoms with E-state index in [9.17, 15) is 4.79 Å². The second-order valence-electron chi connectivity index (χ2n) is 5.33. The third kappa shape index (κ3) is 4.34. The first-order valence-corrected chi connectivity index (χ1v) is 8.43. The number of amides is 1. The Labute approximate surface area is 155 Å². The van der Waals surface area contributed by atoms with Crippen molar-refractivity contribution in [3.63, 3.8) is 0 Å². The Kier molecular flexibility index (Phi) is 5.75. The molecule has 1 atom stereocenters. The van der Waals surface area contributed by atoms with Gasteiger partial charge in [-0.2, -0.15) is 4.80 Å². The lowest BCUT2D eigenvalue weighted by Gasteiger charge is -2.18. The van der Waals surface area contributed by atoms with Gasteiger partial charge in [-0.05, 0) is 30.3 Å². The van der Waals surface area contributed by atoms with Crippen molar-refractivity contribution in [3.05, 3.63) is 59.2 Å². The van der Waals surface area contributed by atoms with Crippen molar-refractivity contribution in [3.8, 4) is 11.5 Å². The van der Waals surface area contributed by atoms with Gasteiger partial charge in [0.1, 0.15) is 12.2 Å². The van der Waals surface area contributed by atoms with Crippen LogP contribution in [0, 0.1) is 0 Å². The van der Waals surface area contributed by atoms with E-state index < -0.39 is 12.2 Å². The molecule has 0 spiro atoms. The summed E-state index contributed by atoms with van der Waals surface area (Å²) < 4.78 is 5.50. The van der Waals surface area contributed by atoms with Gasteiger partial charge < -0.3 is 10.1 Å². The highest BCUT2D eigenvalue weighted by Crippen LogP contribution is 2.27. The predicted molar refractivity (Wildman–Crippen MR) is 95.4 cm³/mol. The van der Waals surface area contributed by atoms with Gasteiger partial charge in [-0.3, -0.25) is 4.98 Å². The summed E-state index contributed by atoms with van der Waals surface area (Å²) in [5.74, 6) is 0.390. The van der Waals surface area contributed by atoms with Gasteiger partial charge in [0.2, 0.25) is 5.82 Å². The number of rotatable bonds is 6. The summed E-state index contributed by atoms with van der Waals surface area (Å²) in [6.07, 6.45) is 0.448. The molecule has 0 radical (unpaired) electrons. The minimum Gasteiger partial charge on any atom is -0.439 e. The van der Waals surface area contributed by atoms with Gasteiger partial charge in [0.15, 0.2) is 6.10 Å². The van der Waals surface area contributed by atoms with Crippen molar-refractivity contribution in [1.29, 1.82) is 0 Å². The van der Waals surface area contributed by atoms with Crippen LogP contribution in [0.1, 0.15) is 18.6 Å². The monoisotopic (exact) mass is 372 g/mol. The molecule has 1 N–H and O–H groups in total. The molecule has 1 unspecified atom stereocenters. The molecule has 134 valence electrons. The van der Waals surface area contributed by atoms with Gasteiger partial charge in [-0.1, -0.05) is 35.9 Å². The van der Waals surface area contributed by atoms with Crippen LogP contribution in [0.2, 0.25) is 5.02 Å².